The van der Waals surface area contributed by atoms with E-state index < -0.39 is 10.1 Å². The number of hydrogen-bond acceptors (Lipinski definition) is 2. The molecule has 0 aliphatic heterocycles. The van der Waals surface area contributed by atoms with Crippen LogP contribution in [-0.2, 0) is 16.7 Å². The van der Waals surface area contributed by atoms with E-state index in [1.807, 2.05) is 0 Å². The fourth-order valence-corrected chi connectivity index (χ4v) is 0.991. The smallest absolute Gasteiger partial charge is 0.261 e. The van der Waals surface area contributed by atoms with Gasteiger partial charge in [0.25, 0.3) is 10.1 Å². The van der Waals surface area contributed by atoms with E-state index in [4.69, 9.17) is 4.55 Å². The molecule has 0 fully saturated rings. The van der Waals surface area contributed by atoms with E-state index in [2.05, 4.69) is 36.7 Å². The summed E-state index contributed by atoms with van der Waals surface area (Å²) in [4.78, 5) is 0. The van der Waals surface area contributed by atoms with Gasteiger partial charge in [-0.05, 0) is 25.5 Å². The highest BCUT2D eigenvalue weighted by Crippen LogP contribution is 1.99. The predicted octanol–water partition coefficient (Wildman–Crippen LogP) is 1.71. The average molecular weight is 219 g/mol. The lowest BCUT2D eigenvalue weighted by Crippen LogP contribution is -1.95. The molecule has 0 unspecified atom stereocenters. The molecule has 14 heavy (non-hydrogen) atoms. The van der Waals surface area contributed by atoms with Gasteiger partial charge in [0, 0.05) is 18.4 Å². The molecular formula is C9H17NO3S. The molecule has 0 bridgehead atoms. The largest absolute Gasteiger partial charge is 0.352 e. The van der Waals surface area contributed by atoms with Crippen LogP contribution in [0.4, 0.5) is 0 Å². The molecule has 82 valence electrons. The van der Waals surface area contributed by atoms with Crippen molar-refractivity contribution in [3.05, 3.63) is 24.0 Å². The first kappa shape index (κ1) is 13.2. The van der Waals surface area contributed by atoms with Crippen molar-refractivity contribution in [2.24, 2.45) is 0 Å². The van der Waals surface area contributed by atoms with Gasteiger partial charge in [-0.3, -0.25) is 4.55 Å². The monoisotopic (exact) mass is 219 g/mol. The van der Waals surface area contributed by atoms with Crippen molar-refractivity contribution in [3.63, 3.8) is 0 Å². The highest BCUT2D eigenvalue weighted by Gasteiger charge is 1.89. The lowest BCUT2D eigenvalue weighted by Gasteiger charge is -2.00. The topological polar surface area (TPSA) is 59.3 Å². The molecule has 0 radical (unpaired) electrons. The second-order valence-electron chi connectivity index (χ2n) is 3.08. The van der Waals surface area contributed by atoms with E-state index in [-0.39, 0.29) is 0 Å². The molecule has 1 N–H and O–H groups in total. The first-order chi connectivity index (χ1) is 6.34. The molecule has 0 saturated heterocycles. The van der Waals surface area contributed by atoms with Crippen LogP contribution in [0.1, 0.15) is 19.0 Å². The van der Waals surface area contributed by atoms with Crippen molar-refractivity contribution in [3.8, 4) is 0 Å². The first-order valence-electron chi connectivity index (χ1n) is 4.38. The van der Waals surface area contributed by atoms with Crippen LogP contribution in [0.5, 0.6) is 0 Å². The van der Waals surface area contributed by atoms with Crippen LogP contribution < -0.4 is 0 Å². The SMILES string of the molecule is CCCn1cccc1C.CS(=O)(=O)O. The molecule has 5 heteroatoms. The van der Waals surface area contributed by atoms with Gasteiger partial charge < -0.3 is 4.57 Å². The number of hydrogen-bond donors (Lipinski definition) is 1. The van der Waals surface area contributed by atoms with Crippen LogP contribution in [0.3, 0.4) is 0 Å². The summed E-state index contributed by atoms with van der Waals surface area (Å²) in [6.07, 6.45) is 4.06. The molecule has 1 aromatic rings. The van der Waals surface area contributed by atoms with Gasteiger partial charge in [-0.2, -0.15) is 8.42 Å². The van der Waals surface area contributed by atoms with Gasteiger partial charge in [0.15, 0.2) is 0 Å². The third-order valence-corrected chi connectivity index (χ3v) is 1.52. The van der Waals surface area contributed by atoms with Crippen molar-refractivity contribution in [1.82, 2.24) is 4.57 Å². The Kier molecular flexibility index (Phi) is 5.49. The number of nitrogens with zero attached hydrogens (tertiary/aromatic N) is 1. The van der Waals surface area contributed by atoms with Gasteiger partial charge >= 0.3 is 0 Å². The molecule has 0 spiro atoms. The molecule has 0 atom stereocenters. The van der Waals surface area contributed by atoms with E-state index in [0.29, 0.717) is 6.26 Å². The van der Waals surface area contributed by atoms with Crippen LogP contribution in [-0.4, -0.2) is 23.8 Å². The van der Waals surface area contributed by atoms with Crippen LogP contribution >= 0.6 is 0 Å². The van der Waals surface area contributed by atoms with E-state index in [0.717, 1.165) is 6.54 Å². The van der Waals surface area contributed by atoms with E-state index >= 15 is 0 Å². The molecule has 0 aromatic carbocycles. The van der Waals surface area contributed by atoms with Crippen molar-refractivity contribution in [1.29, 1.82) is 0 Å². The van der Waals surface area contributed by atoms with Gasteiger partial charge in [0.2, 0.25) is 0 Å². The Morgan fingerprint density at radius 3 is 2.29 bits per heavy atom. The number of aryl methyl sites for hydroxylation is 2. The van der Waals surface area contributed by atoms with Crippen LogP contribution in [0.2, 0.25) is 0 Å². The summed E-state index contributed by atoms with van der Waals surface area (Å²) in [7, 11) is -3.67. The Morgan fingerprint density at radius 2 is 2.00 bits per heavy atom. The first-order valence-corrected chi connectivity index (χ1v) is 6.23. The summed E-state index contributed by atoms with van der Waals surface area (Å²) in [5.74, 6) is 0. The Hall–Kier alpha value is -0.810. The average Bonchev–Trinajstić information content (AvgIpc) is 2.34. The molecule has 1 aromatic heterocycles. The second kappa shape index (κ2) is 5.82. The normalized spacial score (nSPS) is 10.6. The molecule has 0 amide bonds. The van der Waals surface area contributed by atoms with E-state index in [1.54, 1.807) is 0 Å². The minimum Gasteiger partial charge on any atom is -0.352 e. The third-order valence-electron chi connectivity index (χ3n) is 1.52. The molecule has 0 aliphatic rings. The standard InChI is InChI=1S/C8H13N.CH4O3S/c1-3-6-9-7-4-5-8(9)2;1-5(2,3)4/h4-5,7H,3,6H2,1-2H3;1H3,(H,2,3,4). The maximum atomic E-state index is 9.19. The zero-order valence-corrected chi connectivity index (χ0v) is 9.58. The molecule has 0 aliphatic carbocycles. The maximum Gasteiger partial charge on any atom is 0.261 e. The molecule has 4 nitrogen and oxygen atoms in total. The molecular weight excluding hydrogens is 202 g/mol. The summed E-state index contributed by atoms with van der Waals surface area (Å²) >= 11 is 0. The Bertz CT molecular complexity index is 346. The van der Waals surface area contributed by atoms with Gasteiger partial charge in [0.05, 0.1) is 6.26 Å². The highest BCUT2D eigenvalue weighted by molar-refractivity contribution is 7.85. The molecule has 1 heterocycles. The summed E-state index contributed by atoms with van der Waals surface area (Å²) in [6.45, 7) is 5.48. The third kappa shape index (κ3) is 7.82. The van der Waals surface area contributed by atoms with Gasteiger partial charge in [0.1, 0.15) is 0 Å². The minimum absolute atomic E-state index is 0.715. The quantitative estimate of drug-likeness (QED) is 0.770. The second-order valence-corrected chi connectivity index (χ2v) is 4.54. The Labute approximate surface area is 85.3 Å². The van der Waals surface area contributed by atoms with Gasteiger partial charge in [-0.25, -0.2) is 0 Å². The summed E-state index contributed by atoms with van der Waals surface area (Å²) < 4.78 is 28.1. The Morgan fingerprint density at radius 1 is 1.50 bits per heavy atom. The zero-order valence-electron chi connectivity index (χ0n) is 8.77. The van der Waals surface area contributed by atoms with Crippen LogP contribution in [0, 0.1) is 6.92 Å². The zero-order chi connectivity index (χ0) is 11.2. The van der Waals surface area contributed by atoms with Crippen molar-refractivity contribution >= 4 is 10.1 Å². The summed E-state index contributed by atoms with van der Waals surface area (Å²) in [5.41, 5.74) is 1.36. The molecule has 1 rings (SSSR count). The predicted molar refractivity (Wildman–Crippen MR) is 56.9 cm³/mol. The van der Waals surface area contributed by atoms with E-state index in [1.165, 1.54) is 12.1 Å². The summed E-state index contributed by atoms with van der Waals surface area (Å²) in [5, 5.41) is 0. The van der Waals surface area contributed by atoms with Crippen LogP contribution in [0.25, 0.3) is 0 Å². The minimum atomic E-state index is -3.67. The van der Waals surface area contributed by atoms with Crippen molar-refractivity contribution in [2.45, 2.75) is 26.8 Å². The highest BCUT2D eigenvalue weighted by atomic mass is 32.2. The maximum absolute atomic E-state index is 9.19. The lowest BCUT2D eigenvalue weighted by molar-refractivity contribution is 0.490. The lowest BCUT2D eigenvalue weighted by atomic mass is 10.4. The van der Waals surface area contributed by atoms with Crippen molar-refractivity contribution < 1.29 is 13.0 Å². The van der Waals surface area contributed by atoms with Crippen molar-refractivity contribution in [2.75, 3.05) is 6.26 Å². The van der Waals surface area contributed by atoms with Gasteiger partial charge in [-0.1, -0.05) is 6.92 Å². The number of aromatic nitrogens is 1. The van der Waals surface area contributed by atoms with E-state index in [9.17, 15) is 8.42 Å². The summed E-state index contributed by atoms with van der Waals surface area (Å²) in [6, 6.07) is 4.22. The van der Waals surface area contributed by atoms with Gasteiger partial charge in [-0.15, -0.1) is 0 Å². The van der Waals surface area contributed by atoms with Crippen LogP contribution in [0.15, 0.2) is 18.3 Å². The fourth-order valence-electron chi connectivity index (χ4n) is 0.991. The Balaban J connectivity index is 0.000000292. The fraction of sp³-hybridized carbons (Fsp3) is 0.556. The number of rotatable bonds is 2. The molecule has 0 saturated carbocycles.